The summed E-state index contributed by atoms with van der Waals surface area (Å²) in [7, 11) is 0. The number of pyridine rings is 1. The van der Waals surface area contributed by atoms with Gasteiger partial charge in [-0.05, 0) is 41.8 Å². The highest BCUT2D eigenvalue weighted by atomic mass is 35.5. The number of rotatable bonds is 5. The van der Waals surface area contributed by atoms with Crippen LogP contribution in [0.1, 0.15) is 17.5 Å². The molecule has 0 bridgehead atoms. The van der Waals surface area contributed by atoms with E-state index in [1.54, 1.807) is 23.2 Å². The lowest BCUT2D eigenvalue weighted by atomic mass is 10.0. The molecule has 3 heterocycles. The zero-order chi connectivity index (χ0) is 21.4. The Labute approximate surface area is 185 Å². The van der Waals surface area contributed by atoms with Crippen molar-refractivity contribution in [3.8, 4) is 0 Å². The number of hydrogen-bond acceptors (Lipinski definition) is 4. The van der Waals surface area contributed by atoms with Crippen molar-refractivity contribution in [1.29, 1.82) is 0 Å². The van der Waals surface area contributed by atoms with E-state index in [0.717, 1.165) is 22.0 Å². The minimum Gasteiger partial charge on any atom is -0.342 e. The number of halogens is 1. The lowest BCUT2D eigenvalue weighted by molar-refractivity contribution is -0.147. The van der Waals surface area contributed by atoms with Gasteiger partial charge in [0.05, 0.1) is 5.52 Å². The van der Waals surface area contributed by atoms with E-state index in [0.29, 0.717) is 31.0 Å². The minimum atomic E-state index is -0.534. The van der Waals surface area contributed by atoms with Gasteiger partial charge in [-0.1, -0.05) is 41.9 Å². The number of carbonyl (C=O) groups is 2. The summed E-state index contributed by atoms with van der Waals surface area (Å²) < 4.78 is 0. The Morgan fingerprint density at radius 1 is 1.10 bits per heavy atom. The maximum Gasteiger partial charge on any atom is 0.246 e. The summed E-state index contributed by atoms with van der Waals surface area (Å²) >= 11 is 5.95. The largest absolute Gasteiger partial charge is 0.342 e. The first-order valence-electron chi connectivity index (χ1n) is 10.5. The SMILES string of the molecule is O=C1N[C@@H](Cc2ccc(Cl)cc2)C(=O)N2C[C@@H](NCc3cccc4ncccc34)C[C@@H]12. The van der Waals surface area contributed by atoms with E-state index < -0.39 is 12.1 Å². The standard InChI is InChI=1S/C24H23ClN4O2/c25-17-8-6-15(7-9-17)11-21-24(31)29-14-18(12-22(29)23(30)28-21)27-13-16-3-1-5-20-19(16)4-2-10-26-20/h1-10,18,21-22,27H,11-14H2,(H,28,30)/t18-,21-,22-/m0/s1. The van der Waals surface area contributed by atoms with Crippen LogP contribution in [0.2, 0.25) is 5.02 Å². The third-order valence-electron chi connectivity index (χ3n) is 6.17. The third kappa shape index (κ3) is 4.01. The molecule has 0 spiro atoms. The fraction of sp³-hybridized carbons (Fsp3) is 0.292. The molecule has 2 amide bonds. The molecule has 7 heteroatoms. The monoisotopic (exact) mass is 434 g/mol. The Bertz CT molecular complexity index is 1130. The van der Waals surface area contributed by atoms with Crippen molar-refractivity contribution < 1.29 is 9.59 Å². The van der Waals surface area contributed by atoms with Crippen molar-refractivity contribution in [3.05, 3.63) is 76.9 Å². The number of amides is 2. The normalized spacial score (nSPS) is 23.1. The van der Waals surface area contributed by atoms with Gasteiger partial charge in [0.1, 0.15) is 12.1 Å². The zero-order valence-electron chi connectivity index (χ0n) is 16.9. The van der Waals surface area contributed by atoms with Crippen LogP contribution in [-0.4, -0.2) is 46.4 Å². The number of nitrogens with one attached hydrogen (secondary N) is 2. The van der Waals surface area contributed by atoms with Gasteiger partial charge in [-0.15, -0.1) is 0 Å². The van der Waals surface area contributed by atoms with Crippen molar-refractivity contribution in [2.75, 3.05) is 6.54 Å². The summed E-state index contributed by atoms with van der Waals surface area (Å²) in [4.78, 5) is 31.9. The first-order chi connectivity index (χ1) is 15.1. The predicted molar refractivity (Wildman–Crippen MR) is 120 cm³/mol. The Morgan fingerprint density at radius 3 is 2.77 bits per heavy atom. The molecule has 158 valence electrons. The molecule has 5 rings (SSSR count). The number of piperazine rings is 1. The second-order valence-electron chi connectivity index (χ2n) is 8.20. The van der Waals surface area contributed by atoms with Gasteiger partial charge in [-0.3, -0.25) is 14.6 Å². The highest BCUT2D eigenvalue weighted by Crippen LogP contribution is 2.25. The van der Waals surface area contributed by atoms with Crippen LogP contribution in [0.5, 0.6) is 0 Å². The van der Waals surface area contributed by atoms with Gasteiger partial charge >= 0.3 is 0 Å². The Kier molecular flexibility index (Phi) is 5.34. The van der Waals surface area contributed by atoms with E-state index in [-0.39, 0.29) is 17.9 Å². The maximum atomic E-state index is 13.1. The predicted octanol–water partition coefficient (Wildman–Crippen LogP) is 2.69. The summed E-state index contributed by atoms with van der Waals surface area (Å²) in [5.41, 5.74) is 3.09. The highest BCUT2D eigenvalue weighted by molar-refractivity contribution is 6.30. The van der Waals surface area contributed by atoms with Crippen LogP contribution in [-0.2, 0) is 22.6 Å². The molecule has 6 nitrogen and oxygen atoms in total. The molecule has 2 saturated heterocycles. The molecular weight excluding hydrogens is 412 g/mol. The summed E-state index contributed by atoms with van der Waals surface area (Å²) in [5.74, 6) is -0.0876. The van der Waals surface area contributed by atoms with Crippen molar-refractivity contribution in [2.24, 2.45) is 0 Å². The minimum absolute atomic E-state index is 0.0155. The van der Waals surface area contributed by atoms with Crippen molar-refractivity contribution in [2.45, 2.75) is 37.5 Å². The Balaban J connectivity index is 1.25. The maximum absolute atomic E-state index is 13.1. The first kappa shape index (κ1) is 20.0. The van der Waals surface area contributed by atoms with Gasteiger partial charge in [-0.2, -0.15) is 0 Å². The van der Waals surface area contributed by atoms with Crippen molar-refractivity contribution >= 4 is 34.3 Å². The highest BCUT2D eigenvalue weighted by Gasteiger charge is 2.46. The summed E-state index contributed by atoms with van der Waals surface area (Å²) in [5, 5.41) is 8.23. The van der Waals surface area contributed by atoms with Crippen LogP contribution in [0.25, 0.3) is 10.9 Å². The number of nitrogens with zero attached hydrogens (tertiary/aromatic N) is 2. The number of hydrogen-bond donors (Lipinski definition) is 2. The molecule has 3 aromatic rings. The summed E-state index contributed by atoms with van der Waals surface area (Å²) in [6, 6.07) is 16.6. The summed E-state index contributed by atoms with van der Waals surface area (Å²) in [6.45, 7) is 1.20. The third-order valence-corrected chi connectivity index (χ3v) is 6.42. The average Bonchev–Trinajstić information content (AvgIpc) is 3.22. The molecule has 0 aliphatic carbocycles. The zero-order valence-corrected chi connectivity index (χ0v) is 17.7. The molecular formula is C24H23ClN4O2. The second-order valence-corrected chi connectivity index (χ2v) is 8.64. The quantitative estimate of drug-likeness (QED) is 0.647. The molecule has 2 aromatic carbocycles. The lowest BCUT2D eigenvalue weighted by Crippen LogP contribution is -2.61. The van der Waals surface area contributed by atoms with Gasteiger partial charge in [-0.25, -0.2) is 0 Å². The van der Waals surface area contributed by atoms with Crippen molar-refractivity contribution in [1.82, 2.24) is 20.5 Å². The molecule has 1 aromatic heterocycles. The molecule has 0 radical (unpaired) electrons. The van der Waals surface area contributed by atoms with E-state index in [2.05, 4.69) is 27.8 Å². The average molecular weight is 435 g/mol. The van der Waals surface area contributed by atoms with Crippen LogP contribution in [0, 0.1) is 0 Å². The molecule has 0 unspecified atom stereocenters. The van der Waals surface area contributed by atoms with Gasteiger partial charge < -0.3 is 15.5 Å². The molecule has 2 aliphatic rings. The van der Waals surface area contributed by atoms with Crippen molar-refractivity contribution in [3.63, 3.8) is 0 Å². The van der Waals surface area contributed by atoms with E-state index >= 15 is 0 Å². The second kappa shape index (κ2) is 8.29. The van der Waals surface area contributed by atoms with E-state index in [1.165, 1.54) is 0 Å². The number of aromatic nitrogens is 1. The van der Waals surface area contributed by atoms with Gasteiger partial charge in [0.15, 0.2) is 0 Å². The fourth-order valence-corrected chi connectivity index (χ4v) is 4.70. The topological polar surface area (TPSA) is 74.3 Å². The van der Waals surface area contributed by atoms with Gasteiger partial charge in [0, 0.05) is 42.2 Å². The summed E-state index contributed by atoms with van der Waals surface area (Å²) in [6.07, 6.45) is 2.87. The van der Waals surface area contributed by atoms with Crippen LogP contribution in [0.4, 0.5) is 0 Å². The van der Waals surface area contributed by atoms with Gasteiger partial charge in [0.2, 0.25) is 11.8 Å². The molecule has 2 fully saturated rings. The van der Waals surface area contributed by atoms with Crippen LogP contribution >= 0.6 is 11.6 Å². The number of fused-ring (bicyclic) bond motifs is 2. The molecule has 2 N–H and O–H groups in total. The van der Waals surface area contributed by atoms with Crippen LogP contribution in [0.3, 0.4) is 0 Å². The van der Waals surface area contributed by atoms with Crippen LogP contribution < -0.4 is 10.6 Å². The van der Waals surface area contributed by atoms with Crippen LogP contribution in [0.15, 0.2) is 60.8 Å². The smallest absolute Gasteiger partial charge is 0.246 e. The molecule has 31 heavy (non-hydrogen) atoms. The molecule has 0 saturated carbocycles. The van der Waals surface area contributed by atoms with E-state index in [1.807, 2.05) is 30.3 Å². The molecule has 3 atom stereocenters. The lowest BCUT2D eigenvalue weighted by Gasteiger charge is -2.34. The number of benzene rings is 2. The van der Waals surface area contributed by atoms with Gasteiger partial charge in [0.25, 0.3) is 0 Å². The number of carbonyl (C=O) groups excluding carboxylic acids is 2. The van der Waals surface area contributed by atoms with E-state index in [9.17, 15) is 9.59 Å². The molecule has 2 aliphatic heterocycles. The fourth-order valence-electron chi connectivity index (χ4n) is 4.58. The van der Waals surface area contributed by atoms with E-state index in [4.69, 9.17) is 11.6 Å². The first-order valence-corrected chi connectivity index (χ1v) is 10.9. The Morgan fingerprint density at radius 2 is 1.94 bits per heavy atom. The Hall–Kier alpha value is -2.96.